The number of hydrogen-bond donors (Lipinski definition) is 2. The predicted octanol–water partition coefficient (Wildman–Crippen LogP) is 2.01. The summed E-state index contributed by atoms with van der Waals surface area (Å²) in [4.78, 5) is 24.7. The van der Waals surface area contributed by atoms with Gasteiger partial charge in [-0.3, -0.25) is 14.5 Å². The molecule has 0 saturated heterocycles. The molecule has 0 radical (unpaired) electrons. The van der Waals surface area contributed by atoms with Gasteiger partial charge in [-0.15, -0.1) is 0 Å². The third-order valence-electron chi connectivity index (χ3n) is 4.12. The lowest BCUT2D eigenvalue weighted by Gasteiger charge is -2.27. The Bertz CT molecular complexity index is 312. The first kappa shape index (κ1) is 17.0. The fourth-order valence-electron chi connectivity index (χ4n) is 2.68. The molecule has 1 saturated carbocycles. The highest BCUT2D eigenvalue weighted by Gasteiger charge is 2.21. The first-order chi connectivity index (χ1) is 9.52. The Kier molecular flexibility index (Phi) is 7.59. The SMILES string of the molecule is CCC(C)N(CC(=O)O)CC(=O)NC1CCCCCC1. The van der Waals surface area contributed by atoms with E-state index >= 15 is 0 Å². The smallest absolute Gasteiger partial charge is 0.317 e. The van der Waals surface area contributed by atoms with Gasteiger partial charge in [0.2, 0.25) is 5.91 Å². The number of nitrogens with one attached hydrogen (secondary N) is 1. The van der Waals surface area contributed by atoms with Crippen molar-refractivity contribution in [3.8, 4) is 0 Å². The first-order valence-corrected chi connectivity index (χ1v) is 7.78. The van der Waals surface area contributed by atoms with Crippen LogP contribution < -0.4 is 5.32 Å². The van der Waals surface area contributed by atoms with E-state index in [0.717, 1.165) is 19.3 Å². The van der Waals surface area contributed by atoms with Crippen molar-refractivity contribution in [1.29, 1.82) is 0 Å². The Balaban J connectivity index is 2.45. The number of carbonyl (C=O) groups is 2. The molecule has 0 aromatic heterocycles. The second-order valence-electron chi connectivity index (χ2n) is 5.81. The maximum Gasteiger partial charge on any atom is 0.317 e. The largest absolute Gasteiger partial charge is 0.480 e. The van der Waals surface area contributed by atoms with E-state index in [-0.39, 0.29) is 31.1 Å². The minimum atomic E-state index is -0.882. The molecule has 1 rings (SSSR count). The summed E-state index contributed by atoms with van der Waals surface area (Å²) in [5, 5.41) is 12.0. The first-order valence-electron chi connectivity index (χ1n) is 7.78. The molecule has 0 bridgehead atoms. The molecule has 1 aliphatic carbocycles. The van der Waals surface area contributed by atoms with Crippen molar-refractivity contribution in [1.82, 2.24) is 10.2 Å². The molecule has 1 atom stereocenters. The van der Waals surface area contributed by atoms with Crippen molar-refractivity contribution in [3.05, 3.63) is 0 Å². The molecule has 116 valence electrons. The maximum absolute atomic E-state index is 12.1. The molecule has 0 aromatic rings. The Labute approximate surface area is 121 Å². The molecule has 0 spiro atoms. The number of hydrogen-bond acceptors (Lipinski definition) is 3. The fourth-order valence-corrected chi connectivity index (χ4v) is 2.68. The highest BCUT2D eigenvalue weighted by atomic mass is 16.4. The highest BCUT2D eigenvalue weighted by molar-refractivity contribution is 5.79. The quantitative estimate of drug-likeness (QED) is 0.702. The van der Waals surface area contributed by atoms with E-state index in [2.05, 4.69) is 5.32 Å². The molecule has 0 aliphatic heterocycles. The summed E-state index contributed by atoms with van der Waals surface area (Å²) in [5.41, 5.74) is 0. The molecule has 5 nitrogen and oxygen atoms in total. The molecular formula is C15H28N2O3. The average Bonchev–Trinajstić information content (AvgIpc) is 2.65. The number of carboxylic acids is 1. The Morgan fingerprint density at radius 1 is 1.20 bits per heavy atom. The van der Waals surface area contributed by atoms with Crippen molar-refractivity contribution in [2.45, 2.75) is 70.9 Å². The molecular weight excluding hydrogens is 256 g/mol. The topological polar surface area (TPSA) is 69.6 Å². The van der Waals surface area contributed by atoms with Crippen LogP contribution in [-0.4, -0.2) is 47.1 Å². The van der Waals surface area contributed by atoms with Crippen molar-refractivity contribution in [2.75, 3.05) is 13.1 Å². The Morgan fingerprint density at radius 3 is 2.30 bits per heavy atom. The Hall–Kier alpha value is -1.10. The summed E-state index contributed by atoms with van der Waals surface area (Å²) < 4.78 is 0. The maximum atomic E-state index is 12.1. The number of nitrogens with zero attached hydrogens (tertiary/aromatic N) is 1. The van der Waals surface area contributed by atoms with Gasteiger partial charge in [-0.25, -0.2) is 0 Å². The molecule has 1 amide bonds. The fraction of sp³-hybridized carbons (Fsp3) is 0.867. The third kappa shape index (κ3) is 6.37. The lowest BCUT2D eigenvalue weighted by atomic mass is 10.1. The number of carbonyl (C=O) groups excluding carboxylic acids is 1. The second kappa shape index (κ2) is 8.95. The molecule has 5 heteroatoms. The zero-order valence-corrected chi connectivity index (χ0v) is 12.7. The van der Waals surface area contributed by atoms with Crippen LogP contribution in [0.15, 0.2) is 0 Å². The summed E-state index contributed by atoms with van der Waals surface area (Å²) in [7, 11) is 0. The van der Waals surface area contributed by atoms with Gasteiger partial charge >= 0.3 is 5.97 Å². The summed E-state index contributed by atoms with van der Waals surface area (Å²) in [6.45, 7) is 4.06. The summed E-state index contributed by atoms with van der Waals surface area (Å²) in [5.74, 6) is -0.925. The summed E-state index contributed by atoms with van der Waals surface area (Å²) in [6.07, 6.45) is 7.80. The van der Waals surface area contributed by atoms with Crippen LogP contribution in [0.5, 0.6) is 0 Å². The minimum absolute atomic E-state index is 0.0431. The monoisotopic (exact) mass is 284 g/mol. The van der Waals surface area contributed by atoms with E-state index in [1.807, 2.05) is 13.8 Å². The molecule has 1 unspecified atom stereocenters. The van der Waals surface area contributed by atoms with Crippen molar-refractivity contribution in [3.63, 3.8) is 0 Å². The van der Waals surface area contributed by atoms with Gasteiger partial charge in [0.15, 0.2) is 0 Å². The number of carboxylic acid groups (broad SMARTS) is 1. The molecule has 1 aliphatic rings. The van der Waals surface area contributed by atoms with Gasteiger partial charge < -0.3 is 10.4 Å². The highest BCUT2D eigenvalue weighted by Crippen LogP contribution is 2.17. The van der Waals surface area contributed by atoms with Crippen LogP contribution >= 0.6 is 0 Å². The molecule has 20 heavy (non-hydrogen) atoms. The standard InChI is InChI=1S/C15H28N2O3/c1-3-12(2)17(11-15(19)20)10-14(18)16-13-8-6-4-5-7-9-13/h12-13H,3-11H2,1-2H3,(H,16,18)(H,19,20). The van der Waals surface area contributed by atoms with Crippen molar-refractivity contribution in [2.24, 2.45) is 0 Å². The lowest BCUT2D eigenvalue weighted by molar-refractivity contribution is -0.139. The number of rotatable bonds is 7. The van der Waals surface area contributed by atoms with Crippen LogP contribution in [0.1, 0.15) is 58.8 Å². The second-order valence-corrected chi connectivity index (χ2v) is 5.81. The number of aliphatic carboxylic acids is 1. The van der Waals surface area contributed by atoms with Crippen LogP contribution in [0.4, 0.5) is 0 Å². The van der Waals surface area contributed by atoms with Crippen molar-refractivity contribution < 1.29 is 14.7 Å². The summed E-state index contributed by atoms with van der Waals surface area (Å²) in [6, 6.07) is 0.375. The van der Waals surface area contributed by atoms with Crippen LogP contribution in [0.25, 0.3) is 0 Å². The molecule has 2 N–H and O–H groups in total. The minimum Gasteiger partial charge on any atom is -0.480 e. The van der Waals surface area contributed by atoms with Crippen molar-refractivity contribution >= 4 is 11.9 Å². The number of amides is 1. The van der Waals surface area contributed by atoms with Gasteiger partial charge in [0.05, 0.1) is 13.1 Å². The molecule has 1 fully saturated rings. The zero-order valence-electron chi connectivity index (χ0n) is 12.7. The van der Waals surface area contributed by atoms with Gasteiger partial charge in [0.25, 0.3) is 0 Å². The van der Waals surface area contributed by atoms with Gasteiger partial charge in [-0.1, -0.05) is 32.6 Å². The average molecular weight is 284 g/mol. The van der Waals surface area contributed by atoms with E-state index in [0.29, 0.717) is 0 Å². The van der Waals surface area contributed by atoms with Crippen LogP contribution in [0.2, 0.25) is 0 Å². The van der Waals surface area contributed by atoms with Crippen LogP contribution in [-0.2, 0) is 9.59 Å². The van der Waals surface area contributed by atoms with Gasteiger partial charge in [-0.05, 0) is 26.2 Å². The van der Waals surface area contributed by atoms with Gasteiger partial charge in [0, 0.05) is 12.1 Å². The van der Waals surface area contributed by atoms with E-state index in [4.69, 9.17) is 5.11 Å². The van der Waals surface area contributed by atoms with E-state index in [9.17, 15) is 9.59 Å². The lowest BCUT2D eigenvalue weighted by Crippen LogP contribution is -2.46. The predicted molar refractivity (Wildman–Crippen MR) is 78.6 cm³/mol. The van der Waals surface area contributed by atoms with Gasteiger partial charge in [0.1, 0.15) is 0 Å². The Morgan fingerprint density at radius 2 is 1.80 bits per heavy atom. The van der Waals surface area contributed by atoms with E-state index in [1.165, 1.54) is 25.7 Å². The zero-order chi connectivity index (χ0) is 15.0. The third-order valence-corrected chi connectivity index (χ3v) is 4.12. The van der Waals surface area contributed by atoms with E-state index in [1.54, 1.807) is 4.90 Å². The van der Waals surface area contributed by atoms with Crippen LogP contribution in [0.3, 0.4) is 0 Å². The normalized spacial score (nSPS) is 18.6. The molecule has 0 aromatic carbocycles. The van der Waals surface area contributed by atoms with Gasteiger partial charge in [-0.2, -0.15) is 0 Å². The van der Waals surface area contributed by atoms with Crippen LogP contribution in [0, 0.1) is 0 Å². The molecule has 0 heterocycles. The van der Waals surface area contributed by atoms with E-state index < -0.39 is 5.97 Å². The summed E-state index contributed by atoms with van der Waals surface area (Å²) >= 11 is 0.